The predicted molar refractivity (Wildman–Crippen MR) is 431 cm³/mol. The van der Waals surface area contributed by atoms with Gasteiger partial charge in [-0.2, -0.15) is 4.25 Å². The number of phenolic OH excluding ortho intramolecular Hbond substituents is 2. The number of carbonyl (C=O) groups is 7. The minimum absolute atomic E-state index is 0.00995. The molecule has 47 nitrogen and oxygen atoms in total. The number of carboxylic acid groups (broad SMARTS) is 1. The van der Waals surface area contributed by atoms with Gasteiger partial charge in [-0.3, -0.25) is 96.7 Å². The quantitative estimate of drug-likeness (QED) is 0.00738. The average Bonchev–Trinajstić information content (AvgIpc) is 0.758. The molecule has 50 heteroatoms. The third kappa shape index (κ3) is 24.2. The highest BCUT2D eigenvalue weighted by Gasteiger charge is 2.34. The molecule has 120 heavy (non-hydrogen) atoms. The van der Waals surface area contributed by atoms with Gasteiger partial charge in [0.1, 0.15) is 82.7 Å². The smallest absolute Gasteiger partial charge is 0.342 e. The summed E-state index contributed by atoms with van der Waals surface area (Å²) < 4.78 is 57.0. The fourth-order valence-corrected chi connectivity index (χ4v) is 10.0. The van der Waals surface area contributed by atoms with Crippen LogP contribution in [0, 0.1) is 46.5 Å². The highest BCUT2D eigenvalue weighted by atomic mass is 79.9. The standard InChI is InChI=1S/C16H14N6O4.C10H10N2O5.C10H12N2O3.C9H7NO6.C9H7NO5.C7H5NO5.C6H4N4OS.C2H4Br2.CH5N/c1-22-14(24)9-2-3-10-12(26-5-4-25-10)11(9)20-16(22)21-13(23)8-6-18-15(17)19-7-8;1-11-10(13)6-2-3-7-9(8(6)12(14)15)17-5-4-16-7;1-12-10(13)6-2-3-7-9(8(6)11)15-5-4-14-7;11-9(12)5-1-2-6-8(7(5)10(13)14)16-4-3-15-6;11-5-6-1-2-7-9(8(6)10(12)13)15-4-3-14-7;9-3-4-1-2-5(10)7(11)6(4)8(12)13;7-6-8-1-4(2-9-6)5(11)3-10-12;3-1-2-4;1-2/h2-3,6-7H,4-5H2,1H3,(H2,17,18,19)(H,20,21,23);2-3H,4-5H2,1H3,(H,11,13);2-3H,4-5,11H2,1H3,(H,12,13);1-2H,3-4H2,(H,11,12);1-2,5H,3-4H2;1-3,10-11H;1-2H,(H2,7,8,9);1-2H2;2H2,1H3. The number of nitrogens with two attached hydrogens (primary N) is 4. The molecule has 0 spiro atoms. The van der Waals surface area contributed by atoms with Crippen LogP contribution < -0.4 is 91.8 Å². The first-order valence-electron chi connectivity index (χ1n) is 33.7. The van der Waals surface area contributed by atoms with E-state index in [9.17, 15) is 78.8 Å². The van der Waals surface area contributed by atoms with Crippen molar-refractivity contribution in [2.75, 3.05) is 120 Å². The van der Waals surface area contributed by atoms with Crippen LogP contribution in [-0.4, -0.2) is 204 Å². The number of phenols is 2. The largest absolute Gasteiger partial charge is 0.504 e. The number of fused-ring (bicyclic) bond motifs is 7. The van der Waals surface area contributed by atoms with Crippen LogP contribution in [-0.2, 0) is 19.9 Å². The molecule has 0 bridgehead atoms. The summed E-state index contributed by atoms with van der Waals surface area (Å²) in [5, 5.41) is 79.5. The van der Waals surface area contributed by atoms with E-state index in [-0.39, 0.29) is 130 Å². The van der Waals surface area contributed by atoms with Gasteiger partial charge in [-0.25, -0.2) is 29.7 Å². The number of nitrogens with zero attached hydrogens (tertiary/aromatic N) is 11. The fourth-order valence-electron chi connectivity index (χ4n) is 9.94. The van der Waals surface area contributed by atoms with Crippen molar-refractivity contribution in [3.8, 4) is 75.1 Å². The van der Waals surface area contributed by atoms with Crippen molar-refractivity contribution >= 4 is 144 Å². The van der Waals surface area contributed by atoms with Gasteiger partial charge in [0.2, 0.25) is 40.8 Å². The number of aromatic nitrogens is 6. The summed E-state index contributed by atoms with van der Waals surface area (Å²) in [5.41, 5.74) is 19.3. The van der Waals surface area contributed by atoms with Gasteiger partial charge in [-0.05, 0) is 79.8 Å². The Bertz CT molecular complexity index is 5450. The topological polar surface area (TPSA) is 676 Å². The highest BCUT2D eigenvalue weighted by molar-refractivity contribution is 9.11. The number of carbonyl (C=O) groups excluding carboxylic acids is 6. The van der Waals surface area contributed by atoms with Gasteiger partial charge in [0, 0.05) is 56.6 Å². The van der Waals surface area contributed by atoms with Crippen LogP contribution in [0.15, 0.2) is 102 Å². The zero-order valence-corrected chi connectivity index (χ0v) is 66.7. The lowest BCUT2D eigenvalue weighted by Gasteiger charge is -2.20. The van der Waals surface area contributed by atoms with Crippen molar-refractivity contribution in [2.45, 2.75) is 0 Å². The lowest BCUT2D eigenvalue weighted by Crippen LogP contribution is -2.26. The Kier molecular flexibility index (Phi) is 35.7. The molecular formula is C70H68Br2N18O29S. The number of aldehydes is 2. The van der Waals surface area contributed by atoms with Crippen LogP contribution in [0.3, 0.4) is 0 Å². The van der Waals surface area contributed by atoms with Gasteiger partial charge in [0.25, 0.3) is 23.3 Å². The maximum Gasteiger partial charge on any atom is 0.342 e. The molecule has 0 unspecified atom stereocenters. The number of nitrogen functional groups attached to an aromatic ring is 3. The number of carboxylic acids is 1. The van der Waals surface area contributed by atoms with E-state index in [1.807, 2.05) is 0 Å². The first kappa shape index (κ1) is 93.6. The SMILES string of the molecule is BrCCBr.CN.CNC(=O)c1ccc2c(c1N)OCCO2.CNC(=O)c1ccc2c(c1[N+](=O)[O-])OCCO2.Cn1c(NC(=O)c2cnc(N)nc2)nc2c3c(ccc2c1=O)OCCO3.Nc1ncc(C(=O)C#[N+][S-])cn1.O=C(O)c1ccc2c(c1[N+](=O)[O-])OCCO2.O=Cc1ccc(O)c(O)c1[N+](=O)[O-].O=Cc1ccc2c(c1[N+](=O)[O-])OCCO2. The summed E-state index contributed by atoms with van der Waals surface area (Å²) >= 11 is 10.6. The summed E-state index contributed by atoms with van der Waals surface area (Å²) in [5.74, 6) is -1.73. The molecule has 14 N–H and O–H groups in total. The second kappa shape index (κ2) is 45.7. The van der Waals surface area contributed by atoms with E-state index in [1.165, 1.54) is 80.8 Å². The van der Waals surface area contributed by atoms with Crippen molar-refractivity contribution in [2.24, 2.45) is 12.8 Å². The van der Waals surface area contributed by atoms with Crippen LogP contribution >= 0.6 is 31.9 Å². The number of ether oxygens (including phenoxy) is 10. The molecule has 3 amide bonds. The molecule has 9 aromatic rings. The van der Waals surface area contributed by atoms with Crippen LogP contribution in [0.5, 0.6) is 69.0 Å². The molecule has 0 saturated heterocycles. The number of nitrogens with one attached hydrogen (secondary N) is 3. The molecule has 0 aliphatic carbocycles. The number of nitro benzene ring substituents is 4. The fraction of sp³-hybridized carbons (Fsp3) is 0.229. The summed E-state index contributed by atoms with van der Waals surface area (Å²) in [6, 6.07) is 18.9. The lowest BCUT2D eigenvalue weighted by molar-refractivity contribution is -0.386. The number of aromatic hydroxyl groups is 2. The summed E-state index contributed by atoms with van der Waals surface area (Å²) in [7, 11) is 5.97. The van der Waals surface area contributed by atoms with Crippen molar-refractivity contribution in [3.63, 3.8) is 0 Å². The molecule has 0 saturated carbocycles. The molecule has 5 aliphatic heterocycles. The number of anilines is 4. The number of hydrogen-bond donors (Lipinski definition) is 10. The van der Waals surface area contributed by atoms with Gasteiger partial charge in [-0.1, -0.05) is 31.9 Å². The van der Waals surface area contributed by atoms with Crippen LogP contribution in [0.1, 0.15) is 72.5 Å². The number of alkyl halides is 2. The zero-order chi connectivity index (χ0) is 88.4. The predicted octanol–water partition coefficient (Wildman–Crippen LogP) is 5.90. The second-order valence-corrected chi connectivity index (χ2v) is 24.2. The van der Waals surface area contributed by atoms with E-state index in [4.69, 9.17) is 79.9 Å². The number of nitro groups is 4. The van der Waals surface area contributed by atoms with E-state index in [1.54, 1.807) is 31.3 Å². The van der Waals surface area contributed by atoms with Crippen LogP contribution in [0.25, 0.3) is 15.2 Å². The molecule has 14 rings (SSSR count). The molecule has 0 radical (unpaired) electrons. The first-order valence-corrected chi connectivity index (χ1v) is 36.4. The van der Waals surface area contributed by atoms with Gasteiger partial charge in [-0.15, -0.1) is 0 Å². The highest BCUT2D eigenvalue weighted by Crippen LogP contribution is 2.45. The van der Waals surface area contributed by atoms with Gasteiger partial charge < -0.3 is 96.3 Å². The maximum absolute atomic E-state index is 12.6. The number of aromatic carboxylic acids is 1. The first-order chi connectivity index (χ1) is 57.5. The third-order valence-electron chi connectivity index (χ3n) is 15.2. The maximum atomic E-state index is 12.6. The normalized spacial score (nSPS) is 11.9. The Balaban J connectivity index is 0.000000218. The van der Waals surface area contributed by atoms with Crippen molar-refractivity contribution in [1.29, 1.82) is 0 Å². The Hall–Kier alpha value is -15.3. The van der Waals surface area contributed by atoms with Gasteiger partial charge in [0.05, 0.1) is 58.6 Å². The monoisotopic (exact) mass is 1810 g/mol. The van der Waals surface area contributed by atoms with Crippen molar-refractivity contribution in [1.82, 2.24) is 40.1 Å². The number of hydrogen-bond acceptors (Lipinski definition) is 38. The van der Waals surface area contributed by atoms with E-state index >= 15 is 0 Å². The van der Waals surface area contributed by atoms with Gasteiger partial charge >= 0.3 is 40.6 Å². The molecule has 5 aliphatic rings. The van der Waals surface area contributed by atoms with Crippen LogP contribution in [0.2, 0.25) is 0 Å². The van der Waals surface area contributed by atoms with Crippen LogP contribution in [0.4, 0.5) is 46.3 Å². The number of benzene rings is 6. The Morgan fingerprint density at radius 1 is 0.533 bits per heavy atom. The number of ketones is 1. The molecule has 3 aromatic heterocycles. The summed E-state index contributed by atoms with van der Waals surface area (Å²) in [6.45, 7) is 3.35. The van der Waals surface area contributed by atoms with E-state index in [0.717, 1.165) is 28.9 Å². The Morgan fingerprint density at radius 2 is 0.900 bits per heavy atom. The minimum Gasteiger partial charge on any atom is -0.504 e. The van der Waals surface area contributed by atoms with Crippen molar-refractivity contribution < 1.29 is 116 Å². The summed E-state index contributed by atoms with van der Waals surface area (Å²) in [4.78, 5) is 150. The molecule has 6 aromatic carbocycles. The second-order valence-electron chi connectivity index (χ2n) is 22.5. The lowest BCUT2D eigenvalue weighted by atomic mass is 10.1. The minimum atomic E-state index is -1.37. The zero-order valence-electron chi connectivity index (χ0n) is 62.7. The van der Waals surface area contributed by atoms with E-state index in [0.29, 0.717) is 96.8 Å². The molecular weight excluding hydrogens is 1750 g/mol. The average molecular weight is 1820 g/mol. The number of Topliss-reactive ketones (excluding diaryl/α,β-unsaturated/α-hetero) is 1. The number of amides is 3. The van der Waals surface area contributed by atoms with Gasteiger partial charge in [0.15, 0.2) is 58.6 Å². The molecule has 8 heterocycles. The van der Waals surface area contributed by atoms with E-state index in [2.05, 4.69) is 102 Å². The Labute approximate surface area is 696 Å². The summed E-state index contributed by atoms with van der Waals surface area (Å²) in [6.07, 6.45) is 5.81. The van der Waals surface area contributed by atoms with E-state index < -0.39 is 71.7 Å². The number of halogens is 2. The molecule has 0 fully saturated rings. The molecule has 0 atom stereocenters. The van der Waals surface area contributed by atoms with Crippen molar-refractivity contribution in [3.05, 3.63) is 192 Å². The Morgan fingerprint density at radius 3 is 1.34 bits per heavy atom. The molecule has 632 valence electrons. The number of rotatable bonds is 13. The third-order valence-corrected chi connectivity index (χ3v) is 17.2.